The maximum atomic E-state index is 12.8. The van der Waals surface area contributed by atoms with Crippen LogP contribution in [-0.2, 0) is 14.8 Å². The van der Waals surface area contributed by atoms with Gasteiger partial charge in [-0.1, -0.05) is 23.7 Å². The van der Waals surface area contributed by atoms with Crippen molar-refractivity contribution in [2.75, 3.05) is 39.3 Å². The van der Waals surface area contributed by atoms with Crippen molar-refractivity contribution in [3.05, 3.63) is 69.2 Å². The van der Waals surface area contributed by atoms with Gasteiger partial charge < -0.3 is 9.84 Å². The Morgan fingerprint density at radius 2 is 1.69 bits per heavy atom. The van der Waals surface area contributed by atoms with E-state index in [-0.39, 0.29) is 36.4 Å². The fourth-order valence-electron chi connectivity index (χ4n) is 3.48. The van der Waals surface area contributed by atoms with E-state index in [1.165, 1.54) is 28.6 Å². The summed E-state index contributed by atoms with van der Waals surface area (Å²) in [5.41, 5.74) is 0.807. The number of benzene rings is 2. The molecule has 2 aromatic rings. The smallest absolute Gasteiger partial charge is 0.269 e. The van der Waals surface area contributed by atoms with Crippen LogP contribution in [0, 0.1) is 10.1 Å². The molecule has 1 fully saturated rings. The molecule has 0 saturated carbocycles. The van der Waals surface area contributed by atoms with Gasteiger partial charge in [0.1, 0.15) is 0 Å². The topological polar surface area (TPSA) is 113 Å². The largest absolute Gasteiger partial charge is 0.389 e. The Morgan fingerprint density at radius 3 is 2.25 bits per heavy atom. The molecule has 1 saturated heterocycles. The van der Waals surface area contributed by atoms with Crippen LogP contribution >= 0.6 is 11.6 Å². The Bertz CT molecular complexity index is 1010. The first kappa shape index (κ1) is 24.6. The van der Waals surface area contributed by atoms with Crippen molar-refractivity contribution < 1.29 is 23.2 Å². The second-order valence-corrected chi connectivity index (χ2v) is 10.0. The molecule has 1 heterocycles. The Kier molecular flexibility index (Phi) is 8.21. The number of sulfonamides is 1. The van der Waals surface area contributed by atoms with Gasteiger partial charge in [0.05, 0.1) is 28.6 Å². The van der Waals surface area contributed by atoms with Gasteiger partial charge in [-0.2, -0.15) is 4.31 Å². The molecule has 0 amide bonds. The molecule has 0 radical (unpaired) electrons. The van der Waals surface area contributed by atoms with Crippen molar-refractivity contribution in [2.24, 2.45) is 0 Å². The highest BCUT2D eigenvalue weighted by Gasteiger charge is 2.29. The molecule has 11 heteroatoms. The van der Waals surface area contributed by atoms with Crippen LogP contribution in [0.3, 0.4) is 0 Å². The normalized spacial score (nSPS) is 17.7. The minimum atomic E-state index is -3.72. The van der Waals surface area contributed by atoms with Gasteiger partial charge in [0, 0.05) is 49.9 Å². The predicted octanol–water partition coefficient (Wildman–Crippen LogP) is 2.69. The molecule has 1 N–H and O–H groups in total. The minimum Gasteiger partial charge on any atom is -0.389 e. The number of β-amino-alcohol motifs (C(OH)–C–C–N with tert-alkyl or cyclic N) is 1. The summed E-state index contributed by atoms with van der Waals surface area (Å²) >= 11 is 5.89. The SMILES string of the molecule is C[C@H](OC[C@@H](O)CN1CCN(S(=O)(=O)c2ccc([N+](=O)[O-])cc2)CC1)c1ccc(Cl)cc1. The third kappa shape index (κ3) is 6.25. The average molecular weight is 484 g/mol. The Labute approximate surface area is 192 Å². The number of rotatable bonds is 9. The number of nitro benzene ring substituents is 1. The van der Waals surface area contributed by atoms with E-state index in [0.717, 1.165) is 5.56 Å². The van der Waals surface area contributed by atoms with Crippen molar-refractivity contribution in [1.82, 2.24) is 9.21 Å². The lowest BCUT2D eigenvalue weighted by Gasteiger charge is -2.35. The van der Waals surface area contributed by atoms with Crippen molar-refractivity contribution in [3.8, 4) is 0 Å². The summed E-state index contributed by atoms with van der Waals surface area (Å²) in [5.74, 6) is 0. The van der Waals surface area contributed by atoms with Crippen LogP contribution in [0.2, 0.25) is 5.02 Å². The van der Waals surface area contributed by atoms with E-state index in [4.69, 9.17) is 16.3 Å². The first-order chi connectivity index (χ1) is 15.2. The number of piperazine rings is 1. The highest BCUT2D eigenvalue weighted by atomic mass is 35.5. The summed E-state index contributed by atoms with van der Waals surface area (Å²) < 4.78 is 32.7. The number of nitrogens with zero attached hydrogens (tertiary/aromatic N) is 3. The second-order valence-electron chi connectivity index (χ2n) is 7.64. The predicted molar refractivity (Wildman–Crippen MR) is 120 cm³/mol. The molecule has 9 nitrogen and oxygen atoms in total. The fraction of sp³-hybridized carbons (Fsp3) is 0.429. The molecular weight excluding hydrogens is 458 g/mol. The van der Waals surface area contributed by atoms with E-state index < -0.39 is 21.1 Å². The summed E-state index contributed by atoms with van der Waals surface area (Å²) in [6.45, 7) is 3.91. The molecule has 2 atom stereocenters. The monoisotopic (exact) mass is 483 g/mol. The molecule has 0 aliphatic carbocycles. The van der Waals surface area contributed by atoms with E-state index in [2.05, 4.69) is 0 Å². The summed E-state index contributed by atoms with van der Waals surface area (Å²) in [5, 5.41) is 21.8. The summed E-state index contributed by atoms with van der Waals surface area (Å²) in [6, 6.07) is 12.2. The van der Waals surface area contributed by atoms with E-state index in [1.54, 1.807) is 12.1 Å². The van der Waals surface area contributed by atoms with Gasteiger partial charge >= 0.3 is 0 Å². The number of hydrogen-bond donors (Lipinski definition) is 1. The number of halogens is 1. The number of nitro groups is 1. The van der Waals surface area contributed by atoms with Gasteiger partial charge in [0.2, 0.25) is 10.0 Å². The van der Waals surface area contributed by atoms with Gasteiger partial charge in [-0.05, 0) is 36.8 Å². The van der Waals surface area contributed by atoms with Gasteiger partial charge in [-0.3, -0.25) is 15.0 Å². The highest BCUT2D eigenvalue weighted by molar-refractivity contribution is 7.89. The van der Waals surface area contributed by atoms with E-state index >= 15 is 0 Å². The molecule has 1 aliphatic heterocycles. The second kappa shape index (κ2) is 10.7. The van der Waals surface area contributed by atoms with Gasteiger partial charge in [-0.25, -0.2) is 8.42 Å². The van der Waals surface area contributed by atoms with Gasteiger partial charge in [-0.15, -0.1) is 0 Å². The van der Waals surface area contributed by atoms with Crippen LogP contribution in [-0.4, -0.2) is 73.1 Å². The molecule has 174 valence electrons. The summed E-state index contributed by atoms with van der Waals surface area (Å²) in [7, 11) is -3.72. The van der Waals surface area contributed by atoms with Gasteiger partial charge in [0.25, 0.3) is 5.69 Å². The first-order valence-electron chi connectivity index (χ1n) is 10.2. The van der Waals surface area contributed by atoms with Gasteiger partial charge in [0.15, 0.2) is 0 Å². The molecule has 0 aromatic heterocycles. The molecule has 0 unspecified atom stereocenters. The van der Waals surface area contributed by atoms with Crippen molar-refractivity contribution in [2.45, 2.75) is 24.0 Å². The number of hydrogen-bond acceptors (Lipinski definition) is 7. The zero-order chi connectivity index (χ0) is 23.3. The zero-order valence-electron chi connectivity index (χ0n) is 17.6. The molecule has 0 bridgehead atoms. The third-order valence-corrected chi connectivity index (χ3v) is 7.53. The van der Waals surface area contributed by atoms with Crippen molar-refractivity contribution in [1.29, 1.82) is 0 Å². The molecule has 2 aromatic carbocycles. The average Bonchev–Trinajstić information content (AvgIpc) is 2.78. The van der Waals surface area contributed by atoms with Crippen LogP contribution < -0.4 is 0 Å². The van der Waals surface area contributed by atoms with Crippen molar-refractivity contribution in [3.63, 3.8) is 0 Å². The maximum absolute atomic E-state index is 12.8. The van der Waals surface area contributed by atoms with Crippen LogP contribution in [0.4, 0.5) is 5.69 Å². The molecule has 0 spiro atoms. The van der Waals surface area contributed by atoms with Crippen LogP contribution in [0.5, 0.6) is 0 Å². The highest BCUT2D eigenvalue weighted by Crippen LogP contribution is 2.22. The van der Waals surface area contributed by atoms with Crippen LogP contribution in [0.25, 0.3) is 0 Å². The first-order valence-corrected chi connectivity index (χ1v) is 12.0. The lowest BCUT2D eigenvalue weighted by atomic mass is 10.1. The van der Waals surface area contributed by atoms with Crippen molar-refractivity contribution >= 4 is 27.3 Å². The Balaban J connectivity index is 1.46. The Hall–Kier alpha value is -2.08. The molecule has 32 heavy (non-hydrogen) atoms. The maximum Gasteiger partial charge on any atom is 0.269 e. The zero-order valence-corrected chi connectivity index (χ0v) is 19.2. The van der Waals surface area contributed by atoms with Crippen LogP contribution in [0.1, 0.15) is 18.6 Å². The lowest BCUT2D eigenvalue weighted by molar-refractivity contribution is -0.384. The number of aliphatic hydroxyl groups is 1. The molecular formula is C21H26ClN3O6S. The Morgan fingerprint density at radius 1 is 1.09 bits per heavy atom. The number of ether oxygens (including phenoxy) is 1. The number of non-ortho nitro benzene ring substituents is 1. The van der Waals surface area contributed by atoms with Crippen LogP contribution in [0.15, 0.2) is 53.4 Å². The summed E-state index contributed by atoms with van der Waals surface area (Å²) in [4.78, 5) is 12.2. The molecule has 1 aliphatic rings. The van der Waals surface area contributed by atoms with E-state index in [1.807, 2.05) is 24.0 Å². The lowest BCUT2D eigenvalue weighted by Crippen LogP contribution is -2.50. The summed E-state index contributed by atoms with van der Waals surface area (Å²) in [6.07, 6.45) is -0.895. The van der Waals surface area contributed by atoms with E-state index in [9.17, 15) is 23.6 Å². The standard InChI is InChI=1S/C21H26ClN3O6S/c1-16(17-2-4-18(22)5-3-17)31-15-20(26)14-23-10-12-24(13-11-23)32(29,30)21-8-6-19(7-9-21)25(27)28/h2-9,16,20,26H,10-15H2,1H3/t16-,20-/m0/s1. The third-order valence-electron chi connectivity index (χ3n) is 5.36. The number of aliphatic hydroxyl groups excluding tert-OH is 1. The minimum absolute atomic E-state index is 0.0289. The van der Waals surface area contributed by atoms with E-state index in [0.29, 0.717) is 24.7 Å². The fourth-order valence-corrected chi connectivity index (χ4v) is 5.03. The molecule has 3 rings (SSSR count). The quantitative estimate of drug-likeness (QED) is 0.431.